The van der Waals surface area contributed by atoms with E-state index in [-0.39, 0.29) is 19.4 Å². The van der Waals surface area contributed by atoms with Crippen molar-refractivity contribution < 1.29 is 47.5 Å². The Morgan fingerprint density at radius 3 is 1.40 bits per heavy atom. The molecule has 0 fully saturated rings. The van der Waals surface area contributed by atoms with Crippen molar-refractivity contribution in [3.63, 3.8) is 0 Å². The molecule has 3 atom stereocenters. The van der Waals surface area contributed by atoms with Crippen LogP contribution in [0.25, 0.3) is 0 Å². The van der Waals surface area contributed by atoms with Crippen LogP contribution < -0.4 is 5.73 Å². The Bertz CT molecular complexity index is 797. The molecule has 12 heteroatoms. The molecule has 0 radical (unpaired) electrons. The summed E-state index contributed by atoms with van der Waals surface area (Å²) in [7, 11) is -4.69. The standard InChI is InChI=1S/C33H64NO10P/c1-3-5-7-9-11-12-13-14-15-16-17-19-21-23-25-32(36)44-29(27-42-45(39,40)43-28-30(34)33(37)38)26-41-31(35)24-22-20-18-10-8-6-4-2/h29-30H,3-28,34H2,1-2H3,(H,37,38)(H,39,40)/t29-,30-/m0/s1. The van der Waals surface area contributed by atoms with Gasteiger partial charge in [-0.25, -0.2) is 4.57 Å². The summed E-state index contributed by atoms with van der Waals surface area (Å²) in [6.07, 6.45) is 23.4. The van der Waals surface area contributed by atoms with Gasteiger partial charge in [-0.15, -0.1) is 0 Å². The van der Waals surface area contributed by atoms with E-state index in [1.54, 1.807) is 0 Å². The van der Waals surface area contributed by atoms with Crippen molar-refractivity contribution in [1.29, 1.82) is 0 Å². The Kier molecular flexibility index (Phi) is 28.8. The monoisotopic (exact) mass is 665 g/mol. The van der Waals surface area contributed by atoms with E-state index in [1.807, 2.05) is 0 Å². The zero-order chi connectivity index (χ0) is 33.6. The number of phosphoric acid groups is 1. The quantitative estimate of drug-likeness (QED) is 0.0352. The van der Waals surface area contributed by atoms with Crippen LogP contribution in [0, 0.1) is 0 Å². The first kappa shape index (κ1) is 43.5. The van der Waals surface area contributed by atoms with Crippen LogP contribution in [0.4, 0.5) is 0 Å². The highest BCUT2D eigenvalue weighted by atomic mass is 31.2. The lowest BCUT2D eigenvalue weighted by Gasteiger charge is -2.20. The smallest absolute Gasteiger partial charge is 0.472 e. The first-order chi connectivity index (χ1) is 21.6. The van der Waals surface area contributed by atoms with E-state index in [4.69, 9.17) is 24.8 Å². The first-order valence-corrected chi connectivity index (χ1v) is 19.1. The van der Waals surface area contributed by atoms with Crippen LogP contribution in [0.1, 0.15) is 162 Å². The van der Waals surface area contributed by atoms with Crippen molar-refractivity contribution in [2.24, 2.45) is 5.73 Å². The van der Waals surface area contributed by atoms with Gasteiger partial charge in [-0.2, -0.15) is 0 Å². The third-order valence-electron chi connectivity index (χ3n) is 7.61. The molecule has 0 saturated heterocycles. The predicted molar refractivity (Wildman–Crippen MR) is 176 cm³/mol. The highest BCUT2D eigenvalue weighted by molar-refractivity contribution is 7.47. The van der Waals surface area contributed by atoms with Gasteiger partial charge in [0.2, 0.25) is 0 Å². The molecule has 1 unspecified atom stereocenters. The summed E-state index contributed by atoms with van der Waals surface area (Å²) in [6.45, 7) is 2.73. The number of phosphoric ester groups is 1. The Morgan fingerprint density at radius 2 is 0.978 bits per heavy atom. The molecule has 0 bridgehead atoms. The summed E-state index contributed by atoms with van der Waals surface area (Å²) in [5.41, 5.74) is 5.29. The number of esters is 2. The average molecular weight is 666 g/mol. The average Bonchev–Trinajstić information content (AvgIpc) is 3.00. The molecule has 0 amide bonds. The highest BCUT2D eigenvalue weighted by Crippen LogP contribution is 2.43. The van der Waals surface area contributed by atoms with Gasteiger partial charge >= 0.3 is 25.7 Å². The second kappa shape index (κ2) is 29.9. The number of carbonyl (C=O) groups is 3. The molecule has 0 aliphatic heterocycles. The fourth-order valence-corrected chi connectivity index (χ4v) is 5.55. The molecular formula is C33H64NO10P. The molecule has 0 aromatic rings. The topological polar surface area (TPSA) is 172 Å². The minimum atomic E-state index is -4.69. The van der Waals surface area contributed by atoms with Gasteiger partial charge in [-0.1, -0.05) is 136 Å². The first-order valence-electron chi connectivity index (χ1n) is 17.6. The second-order valence-electron chi connectivity index (χ2n) is 12.0. The third kappa shape index (κ3) is 29.6. The van der Waals surface area contributed by atoms with Crippen molar-refractivity contribution in [3.8, 4) is 0 Å². The molecule has 45 heavy (non-hydrogen) atoms. The number of unbranched alkanes of at least 4 members (excludes halogenated alkanes) is 19. The number of hydrogen-bond acceptors (Lipinski definition) is 9. The number of carboxylic acid groups (broad SMARTS) is 1. The number of hydrogen-bond donors (Lipinski definition) is 3. The molecule has 0 heterocycles. The highest BCUT2D eigenvalue weighted by Gasteiger charge is 2.28. The minimum absolute atomic E-state index is 0.168. The number of aliphatic carboxylic acids is 1. The summed E-state index contributed by atoms with van der Waals surface area (Å²) in [5, 5.41) is 8.82. The zero-order valence-electron chi connectivity index (χ0n) is 28.2. The second-order valence-corrected chi connectivity index (χ2v) is 13.5. The summed E-state index contributed by atoms with van der Waals surface area (Å²) < 4.78 is 32.4. The van der Waals surface area contributed by atoms with E-state index in [1.165, 1.54) is 83.5 Å². The van der Waals surface area contributed by atoms with Gasteiger partial charge in [0.1, 0.15) is 12.6 Å². The lowest BCUT2D eigenvalue weighted by atomic mass is 10.0. The third-order valence-corrected chi connectivity index (χ3v) is 8.56. The van der Waals surface area contributed by atoms with Gasteiger partial charge in [0, 0.05) is 12.8 Å². The van der Waals surface area contributed by atoms with Gasteiger partial charge in [0.05, 0.1) is 13.2 Å². The Morgan fingerprint density at radius 1 is 0.600 bits per heavy atom. The van der Waals surface area contributed by atoms with Crippen molar-refractivity contribution in [3.05, 3.63) is 0 Å². The molecule has 266 valence electrons. The van der Waals surface area contributed by atoms with E-state index in [9.17, 15) is 23.8 Å². The number of nitrogens with two attached hydrogens (primary N) is 1. The van der Waals surface area contributed by atoms with Crippen LogP contribution in [0.5, 0.6) is 0 Å². The van der Waals surface area contributed by atoms with Crippen LogP contribution in [0.3, 0.4) is 0 Å². The maximum absolute atomic E-state index is 12.5. The molecule has 0 aromatic carbocycles. The maximum Gasteiger partial charge on any atom is 0.472 e. The van der Waals surface area contributed by atoms with Gasteiger partial charge in [-0.3, -0.25) is 23.4 Å². The van der Waals surface area contributed by atoms with Crippen LogP contribution in [-0.2, 0) is 37.5 Å². The summed E-state index contributed by atoms with van der Waals surface area (Å²) in [6, 6.07) is -1.51. The van der Waals surface area contributed by atoms with E-state index in [0.29, 0.717) is 12.8 Å². The van der Waals surface area contributed by atoms with Gasteiger partial charge < -0.3 is 25.2 Å². The van der Waals surface area contributed by atoms with Gasteiger partial charge in [-0.05, 0) is 12.8 Å². The van der Waals surface area contributed by atoms with Gasteiger partial charge in [0.25, 0.3) is 0 Å². The van der Waals surface area contributed by atoms with Crippen molar-refractivity contribution in [2.75, 3.05) is 19.8 Å². The SMILES string of the molecule is CCCCCCCCCCCCCCCCC(=O)O[C@@H](COC(=O)CCCCCCCCC)COP(=O)(O)OC[C@H](N)C(=O)O. The van der Waals surface area contributed by atoms with E-state index >= 15 is 0 Å². The Balaban J connectivity index is 4.41. The number of ether oxygens (including phenoxy) is 2. The van der Waals surface area contributed by atoms with Crippen molar-refractivity contribution >= 4 is 25.7 Å². The predicted octanol–water partition coefficient (Wildman–Crippen LogP) is 8.00. The molecule has 4 N–H and O–H groups in total. The fraction of sp³-hybridized carbons (Fsp3) is 0.909. The summed E-state index contributed by atoms with van der Waals surface area (Å²) in [4.78, 5) is 45.4. The van der Waals surface area contributed by atoms with Crippen LogP contribution in [-0.4, -0.2) is 59.9 Å². The maximum atomic E-state index is 12.5. The Labute approximate surface area is 272 Å². The lowest BCUT2D eigenvalue weighted by molar-refractivity contribution is -0.161. The van der Waals surface area contributed by atoms with E-state index in [0.717, 1.165) is 38.5 Å². The molecule has 0 spiro atoms. The largest absolute Gasteiger partial charge is 0.480 e. The lowest BCUT2D eigenvalue weighted by Crippen LogP contribution is -2.34. The molecule has 0 rings (SSSR count). The summed E-state index contributed by atoms with van der Waals surface area (Å²) >= 11 is 0. The minimum Gasteiger partial charge on any atom is -0.480 e. The zero-order valence-corrected chi connectivity index (χ0v) is 29.1. The van der Waals surface area contributed by atoms with Crippen LogP contribution >= 0.6 is 7.82 Å². The van der Waals surface area contributed by atoms with Crippen molar-refractivity contribution in [1.82, 2.24) is 0 Å². The van der Waals surface area contributed by atoms with Gasteiger partial charge in [0.15, 0.2) is 6.10 Å². The van der Waals surface area contributed by atoms with Crippen LogP contribution in [0.15, 0.2) is 0 Å². The molecule has 11 nitrogen and oxygen atoms in total. The molecule has 0 aromatic heterocycles. The number of carboxylic acids is 1. The Hall–Kier alpha value is -1.52. The fourth-order valence-electron chi connectivity index (χ4n) is 4.77. The molecule has 0 aliphatic rings. The molecule has 0 aliphatic carbocycles. The number of rotatable bonds is 33. The molecule has 0 saturated carbocycles. The van der Waals surface area contributed by atoms with Crippen LogP contribution in [0.2, 0.25) is 0 Å². The normalized spacial score (nSPS) is 14.0. The summed E-state index contributed by atoms with van der Waals surface area (Å²) in [5.74, 6) is -2.38. The van der Waals surface area contributed by atoms with E-state index < -0.39 is 51.1 Å². The van der Waals surface area contributed by atoms with Crippen molar-refractivity contribution in [2.45, 2.75) is 174 Å². The number of carbonyl (C=O) groups excluding carboxylic acids is 2. The van der Waals surface area contributed by atoms with E-state index in [2.05, 4.69) is 18.4 Å². The molecular weight excluding hydrogens is 601 g/mol.